The largest absolute Gasteiger partial charge is 0.507 e. The summed E-state index contributed by atoms with van der Waals surface area (Å²) >= 11 is 0. The van der Waals surface area contributed by atoms with Gasteiger partial charge in [-0.2, -0.15) is 57.1 Å². The molecule has 0 unspecified atom stereocenters. The molecule has 0 saturated heterocycles. The molecule has 0 aliphatic rings. The number of rotatable bonds is 32. The van der Waals surface area contributed by atoms with E-state index in [1.165, 1.54) is 82.6 Å². The Balaban J connectivity index is 1.99. The van der Waals surface area contributed by atoms with Gasteiger partial charge in [0.05, 0.1) is 25.5 Å². The molecule has 350 valence electrons. The molecule has 0 spiro atoms. The van der Waals surface area contributed by atoms with Crippen LogP contribution >= 0.6 is 0 Å². The fourth-order valence-corrected chi connectivity index (χ4v) is 6.11. The number of alkyl halides is 13. The lowest BCUT2D eigenvalue weighted by Gasteiger charge is -2.39. The van der Waals surface area contributed by atoms with Crippen molar-refractivity contribution in [1.29, 1.82) is 0 Å². The van der Waals surface area contributed by atoms with Crippen LogP contribution in [0, 0.1) is 0 Å². The van der Waals surface area contributed by atoms with Crippen molar-refractivity contribution in [1.82, 2.24) is 0 Å². The molecule has 0 radical (unpaired) electrons. The van der Waals surface area contributed by atoms with Gasteiger partial charge in [0.25, 0.3) is 0 Å². The maximum Gasteiger partial charge on any atom is 0.460 e. The highest BCUT2D eigenvalue weighted by atomic mass is 19.4. The number of phenols is 1. The molecular weight excluding hydrogens is 841 g/mol. The maximum atomic E-state index is 14.1. The quantitative estimate of drug-likeness (QED) is 0.0451. The van der Waals surface area contributed by atoms with Gasteiger partial charge in [0, 0.05) is 30.3 Å². The molecule has 2 aromatic carbocycles. The van der Waals surface area contributed by atoms with Crippen molar-refractivity contribution < 1.29 is 76.4 Å². The molecule has 2 rings (SSSR count). The predicted octanol–water partition coefficient (Wildman–Crippen LogP) is 15.5. The summed E-state index contributed by atoms with van der Waals surface area (Å²) in [7, 11) is 0. The lowest BCUT2D eigenvalue weighted by Crippen LogP contribution is -2.70. The van der Waals surface area contributed by atoms with Crippen LogP contribution in [0.1, 0.15) is 141 Å². The number of hydrogen-bond acceptors (Lipinski definition) is 5. The summed E-state index contributed by atoms with van der Waals surface area (Å²) in [6.07, 6.45) is 8.14. The Labute approximate surface area is 349 Å². The molecule has 18 heteroatoms. The zero-order valence-electron chi connectivity index (χ0n) is 34.6. The van der Waals surface area contributed by atoms with Crippen LogP contribution in [0.2, 0.25) is 0 Å². The Kier molecular flexibility index (Phi) is 21.8. The number of hydrogen-bond donors (Lipinski definition) is 1. The number of phenolic OH excluding ortho intramolecular Hbond substituents is 1. The first-order valence-corrected chi connectivity index (χ1v) is 20.9. The normalized spacial score (nSPS) is 13.3. The van der Waals surface area contributed by atoms with E-state index in [-0.39, 0.29) is 17.1 Å². The second kappa shape index (κ2) is 24.9. The summed E-state index contributed by atoms with van der Waals surface area (Å²) in [6.45, 7) is 4.80. The standard InChI is InChI=1S/C43H58F13NO4/c1-3-5-7-9-11-13-15-18-27-60-36-24-22-33(29-37(36)61-28-19-16-14-12-10-8-6-4-2)57-31-32-21-23-34(30-35(32)58)59-26-20-17-25-38(44,45)39(46,47)40(48,49)41(50,51)42(52,53)43(54,55)56/h21-24,29-31,58H,3-20,25-28H2,1-2H3. The van der Waals surface area contributed by atoms with E-state index in [1.807, 2.05) is 0 Å². The molecule has 0 amide bonds. The number of benzene rings is 2. The Morgan fingerprint density at radius 2 is 0.951 bits per heavy atom. The summed E-state index contributed by atoms with van der Waals surface area (Å²) in [5.41, 5.74) is 0.683. The van der Waals surface area contributed by atoms with Gasteiger partial charge in [-0.3, -0.25) is 4.99 Å². The van der Waals surface area contributed by atoms with Crippen molar-refractivity contribution in [3.63, 3.8) is 0 Å². The van der Waals surface area contributed by atoms with E-state index in [0.717, 1.165) is 44.6 Å². The molecule has 61 heavy (non-hydrogen) atoms. The first kappa shape index (κ1) is 53.5. The minimum absolute atomic E-state index is 0.0676. The van der Waals surface area contributed by atoms with Gasteiger partial charge in [-0.15, -0.1) is 0 Å². The second-order valence-corrected chi connectivity index (χ2v) is 15.1. The van der Waals surface area contributed by atoms with Crippen molar-refractivity contribution in [2.24, 2.45) is 4.99 Å². The van der Waals surface area contributed by atoms with Gasteiger partial charge in [0.1, 0.15) is 11.5 Å². The molecule has 2 aromatic rings. The van der Waals surface area contributed by atoms with Crippen LogP contribution in [0.4, 0.5) is 62.8 Å². The van der Waals surface area contributed by atoms with Gasteiger partial charge in [-0.05, 0) is 49.9 Å². The fraction of sp³-hybridized carbons (Fsp3) is 0.698. The van der Waals surface area contributed by atoms with Crippen LogP contribution in [0.15, 0.2) is 41.4 Å². The van der Waals surface area contributed by atoms with Gasteiger partial charge in [0.15, 0.2) is 11.5 Å². The van der Waals surface area contributed by atoms with E-state index in [9.17, 15) is 62.2 Å². The second-order valence-electron chi connectivity index (χ2n) is 15.1. The van der Waals surface area contributed by atoms with Gasteiger partial charge in [0.2, 0.25) is 0 Å². The third-order valence-electron chi connectivity index (χ3n) is 9.95. The number of aromatic hydroxyl groups is 1. The van der Waals surface area contributed by atoms with Gasteiger partial charge in [-0.1, -0.05) is 104 Å². The third-order valence-corrected chi connectivity index (χ3v) is 9.95. The molecule has 0 aliphatic carbocycles. The number of unbranched alkanes of at least 4 members (excludes halogenated alkanes) is 15. The fourth-order valence-electron chi connectivity index (χ4n) is 6.11. The molecule has 0 aliphatic heterocycles. The lowest BCUT2D eigenvalue weighted by molar-refractivity contribution is -0.440. The van der Waals surface area contributed by atoms with Crippen molar-refractivity contribution in [3.05, 3.63) is 42.0 Å². The molecule has 0 aromatic heterocycles. The number of halogens is 13. The SMILES string of the molecule is CCCCCCCCCCOc1ccc(N=Cc2ccc(OCCCCC(F)(F)C(F)(F)C(F)(F)C(F)(F)C(F)(F)C(F)(F)F)cc2O)cc1OCCCCCCCCCC. The molecule has 1 N–H and O–H groups in total. The third kappa shape index (κ3) is 15.6. The summed E-state index contributed by atoms with van der Waals surface area (Å²) in [5.74, 6) is -36.3. The number of ether oxygens (including phenoxy) is 3. The maximum absolute atomic E-state index is 14.1. The molecular formula is C43H58F13NO4. The Hall–Kier alpha value is -3.60. The minimum Gasteiger partial charge on any atom is -0.507 e. The van der Waals surface area contributed by atoms with Crippen LogP contribution in [0.3, 0.4) is 0 Å². The van der Waals surface area contributed by atoms with Crippen LogP contribution in [0.5, 0.6) is 23.0 Å². The van der Waals surface area contributed by atoms with E-state index in [1.54, 1.807) is 18.2 Å². The monoisotopic (exact) mass is 899 g/mol. The summed E-state index contributed by atoms with van der Waals surface area (Å²) in [6, 6.07) is 8.94. The zero-order chi connectivity index (χ0) is 45.8. The van der Waals surface area contributed by atoms with Crippen molar-refractivity contribution in [3.8, 4) is 23.0 Å². The van der Waals surface area contributed by atoms with Crippen molar-refractivity contribution in [2.45, 2.75) is 172 Å². The molecule has 0 bridgehead atoms. The Morgan fingerprint density at radius 3 is 1.46 bits per heavy atom. The molecule has 5 nitrogen and oxygen atoms in total. The van der Waals surface area contributed by atoms with E-state index >= 15 is 0 Å². The Morgan fingerprint density at radius 1 is 0.492 bits per heavy atom. The highest BCUT2D eigenvalue weighted by molar-refractivity contribution is 5.85. The van der Waals surface area contributed by atoms with Crippen LogP contribution in [0.25, 0.3) is 0 Å². The molecule has 0 atom stereocenters. The van der Waals surface area contributed by atoms with Crippen LogP contribution in [-0.2, 0) is 0 Å². The van der Waals surface area contributed by atoms with E-state index in [0.29, 0.717) is 30.4 Å². The first-order chi connectivity index (χ1) is 28.6. The smallest absolute Gasteiger partial charge is 0.460 e. The highest BCUT2D eigenvalue weighted by Gasteiger charge is 2.90. The number of aliphatic imine (C=N–C) groups is 1. The Bertz CT molecular complexity index is 1590. The first-order valence-electron chi connectivity index (χ1n) is 20.9. The molecule has 0 heterocycles. The van der Waals surface area contributed by atoms with Crippen molar-refractivity contribution in [2.75, 3.05) is 19.8 Å². The summed E-state index contributed by atoms with van der Waals surface area (Å²) < 4.78 is 191. The highest BCUT2D eigenvalue weighted by Crippen LogP contribution is 2.60. The van der Waals surface area contributed by atoms with E-state index < -0.39 is 61.7 Å². The van der Waals surface area contributed by atoms with Gasteiger partial charge < -0.3 is 19.3 Å². The van der Waals surface area contributed by atoms with Crippen LogP contribution in [-0.4, -0.2) is 66.9 Å². The lowest BCUT2D eigenvalue weighted by atomic mass is 9.92. The number of nitrogens with zero attached hydrogens (tertiary/aromatic N) is 1. The minimum atomic E-state index is -7.93. The van der Waals surface area contributed by atoms with Gasteiger partial charge >= 0.3 is 35.8 Å². The average Bonchev–Trinajstić information content (AvgIpc) is 3.18. The topological polar surface area (TPSA) is 60.3 Å². The van der Waals surface area contributed by atoms with Crippen molar-refractivity contribution >= 4 is 11.9 Å². The van der Waals surface area contributed by atoms with Crippen LogP contribution < -0.4 is 14.2 Å². The summed E-state index contributed by atoms with van der Waals surface area (Å²) in [4.78, 5) is 4.41. The predicted molar refractivity (Wildman–Crippen MR) is 208 cm³/mol. The zero-order valence-corrected chi connectivity index (χ0v) is 34.6. The molecule has 0 fully saturated rings. The molecule has 0 saturated carbocycles. The van der Waals surface area contributed by atoms with Gasteiger partial charge in [-0.25, -0.2) is 0 Å². The van der Waals surface area contributed by atoms with E-state index in [4.69, 9.17) is 14.2 Å². The summed E-state index contributed by atoms with van der Waals surface area (Å²) in [5, 5.41) is 10.5. The van der Waals surface area contributed by atoms with E-state index in [2.05, 4.69) is 18.8 Å². The average molecular weight is 900 g/mol.